The highest BCUT2D eigenvalue weighted by Crippen LogP contribution is 2.25. The summed E-state index contributed by atoms with van der Waals surface area (Å²) in [5, 5.41) is 17.9. The Morgan fingerprint density at radius 1 is 1.21 bits per heavy atom. The van der Waals surface area contributed by atoms with Crippen LogP contribution >= 0.6 is 23.2 Å². The number of anilines is 1. The van der Waals surface area contributed by atoms with Crippen molar-refractivity contribution in [3.05, 3.63) is 39.9 Å². The molecule has 11 heteroatoms. The van der Waals surface area contributed by atoms with Gasteiger partial charge in [0.1, 0.15) is 0 Å². The van der Waals surface area contributed by atoms with Crippen LogP contribution in [0.4, 0.5) is 10.1 Å². The molecule has 1 aromatic carbocycles. The molecule has 0 saturated heterocycles. The third kappa shape index (κ3) is 4.27. The van der Waals surface area contributed by atoms with Gasteiger partial charge < -0.3 is 10.4 Å². The van der Waals surface area contributed by atoms with Gasteiger partial charge in [-0.05, 0) is 18.2 Å². The van der Waals surface area contributed by atoms with E-state index >= 15 is 0 Å². The monoisotopic (exact) mass is 374 g/mol. The van der Waals surface area contributed by atoms with Crippen LogP contribution in [-0.4, -0.2) is 37.9 Å². The van der Waals surface area contributed by atoms with Gasteiger partial charge in [-0.25, -0.2) is 0 Å². The highest BCUT2D eigenvalue weighted by atomic mass is 35.5. The Balaban J connectivity index is 2.15. The fourth-order valence-corrected chi connectivity index (χ4v) is 2.08. The Morgan fingerprint density at radius 2 is 1.92 bits per heavy atom. The molecule has 0 atom stereocenters. The summed E-state index contributed by atoms with van der Waals surface area (Å²) in [6.45, 7) is 0. The van der Waals surface area contributed by atoms with Crippen molar-refractivity contribution in [3.8, 4) is 0 Å². The zero-order valence-corrected chi connectivity index (χ0v) is 13.3. The summed E-state index contributed by atoms with van der Waals surface area (Å²) in [4.78, 5) is 34.4. The molecule has 24 heavy (non-hydrogen) atoms. The molecular formula is C13H9Cl2FN4O4. The molecule has 126 valence electrons. The van der Waals surface area contributed by atoms with Crippen LogP contribution in [0, 0.1) is 5.95 Å². The number of amides is 1. The molecule has 0 bridgehead atoms. The molecule has 0 saturated carbocycles. The third-order valence-electron chi connectivity index (χ3n) is 2.74. The summed E-state index contributed by atoms with van der Waals surface area (Å²) in [6.07, 6.45) is -0.905. The van der Waals surface area contributed by atoms with Crippen LogP contribution in [0.5, 0.6) is 0 Å². The molecule has 0 aliphatic carbocycles. The van der Waals surface area contributed by atoms with Gasteiger partial charge in [-0.3, -0.25) is 14.4 Å². The number of nitrogens with one attached hydrogen (secondary N) is 1. The minimum absolute atomic E-state index is 0.126. The fraction of sp³-hybridized carbons (Fsp3) is 0.154. The molecular weight excluding hydrogens is 366 g/mol. The van der Waals surface area contributed by atoms with E-state index in [1.807, 2.05) is 0 Å². The average Bonchev–Trinajstić information content (AvgIpc) is 2.89. The summed E-state index contributed by atoms with van der Waals surface area (Å²) in [7, 11) is 0. The van der Waals surface area contributed by atoms with Crippen molar-refractivity contribution in [2.45, 2.75) is 12.8 Å². The van der Waals surface area contributed by atoms with Crippen LogP contribution in [0.15, 0.2) is 18.2 Å². The second-order valence-corrected chi connectivity index (χ2v) is 5.34. The molecule has 1 aromatic heterocycles. The Kier molecular flexibility index (Phi) is 5.47. The van der Waals surface area contributed by atoms with Crippen LogP contribution in [0.2, 0.25) is 10.0 Å². The number of aliphatic carboxylic acids is 1. The smallest absolute Gasteiger partial charge is 0.303 e. The van der Waals surface area contributed by atoms with Gasteiger partial charge in [-0.15, -0.1) is 15.0 Å². The first-order valence-corrected chi connectivity index (χ1v) is 7.17. The Labute approximate surface area is 144 Å². The summed E-state index contributed by atoms with van der Waals surface area (Å²) in [5.41, 5.74) is -0.568. The molecule has 0 unspecified atom stereocenters. The van der Waals surface area contributed by atoms with Crippen LogP contribution in [0.1, 0.15) is 28.1 Å². The van der Waals surface area contributed by atoms with Crippen molar-refractivity contribution in [1.29, 1.82) is 0 Å². The first-order chi connectivity index (χ1) is 11.3. The van der Waals surface area contributed by atoms with Gasteiger partial charge in [-0.2, -0.15) is 4.39 Å². The standard InChI is InChI=1S/C13H9Cl2FN4O4/c14-6-1-2-8(7(15)5-6)17-13(24)11-12(16)19-20(18-11)9(21)3-4-10(22)23/h1-2,5H,3-4H2,(H,17,24)(H,22,23). The van der Waals surface area contributed by atoms with Crippen LogP contribution in [0.3, 0.4) is 0 Å². The van der Waals surface area contributed by atoms with E-state index in [9.17, 15) is 18.8 Å². The number of halogens is 3. The zero-order chi connectivity index (χ0) is 17.9. The maximum atomic E-state index is 13.7. The summed E-state index contributed by atoms with van der Waals surface area (Å²) in [6, 6.07) is 4.25. The predicted octanol–water partition coefficient (Wildman–Crippen LogP) is 2.48. The predicted molar refractivity (Wildman–Crippen MR) is 81.9 cm³/mol. The highest BCUT2D eigenvalue weighted by molar-refractivity contribution is 6.36. The van der Waals surface area contributed by atoms with Crippen molar-refractivity contribution < 1.29 is 23.9 Å². The second-order valence-electron chi connectivity index (χ2n) is 4.49. The molecule has 2 aromatic rings. The number of rotatable bonds is 5. The second kappa shape index (κ2) is 7.37. The SMILES string of the molecule is O=C(O)CCC(=O)n1nc(F)c(C(=O)Nc2ccc(Cl)cc2Cl)n1. The van der Waals surface area contributed by atoms with Crippen LogP contribution in [0.25, 0.3) is 0 Å². The van der Waals surface area contributed by atoms with E-state index < -0.39 is 42.3 Å². The highest BCUT2D eigenvalue weighted by Gasteiger charge is 2.22. The van der Waals surface area contributed by atoms with E-state index in [1.54, 1.807) is 0 Å². The van der Waals surface area contributed by atoms with Crippen molar-refractivity contribution >= 4 is 46.7 Å². The number of hydrogen-bond acceptors (Lipinski definition) is 5. The van der Waals surface area contributed by atoms with Crippen LogP contribution in [-0.2, 0) is 4.79 Å². The lowest BCUT2D eigenvalue weighted by molar-refractivity contribution is -0.137. The minimum Gasteiger partial charge on any atom is -0.481 e. The Bertz CT molecular complexity index is 824. The first-order valence-electron chi connectivity index (χ1n) is 6.42. The van der Waals surface area contributed by atoms with Gasteiger partial charge in [-0.1, -0.05) is 23.2 Å². The first kappa shape index (κ1) is 17.8. The number of nitrogens with zero attached hydrogens (tertiary/aromatic N) is 3. The lowest BCUT2D eigenvalue weighted by atomic mass is 10.3. The molecule has 2 N–H and O–H groups in total. The number of benzene rings is 1. The van der Waals surface area contributed by atoms with Gasteiger partial charge >= 0.3 is 5.97 Å². The van der Waals surface area contributed by atoms with Gasteiger partial charge in [0.25, 0.3) is 17.8 Å². The van der Waals surface area contributed by atoms with Crippen molar-refractivity contribution in [2.24, 2.45) is 0 Å². The summed E-state index contributed by atoms with van der Waals surface area (Å²) in [5.74, 6) is -4.32. The Morgan fingerprint density at radius 3 is 2.54 bits per heavy atom. The molecule has 1 heterocycles. The molecule has 0 radical (unpaired) electrons. The maximum Gasteiger partial charge on any atom is 0.303 e. The van der Waals surface area contributed by atoms with Crippen molar-refractivity contribution in [2.75, 3.05) is 5.32 Å². The minimum atomic E-state index is -1.28. The number of aromatic nitrogens is 3. The zero-order valence-electron chi connectivity index (χ0n) is 11.8. The van der Waals surface area contributed by atoms with Gasteiger partial charge in [0, 0.05) is 11.4 Å². The molecule has 0 aliphatic heterocycles. The van der Waals surface area contributed by atoms with Crippen molar-refractivity contribution in [1.82, 2.24) is 15.0 Å². The molecule has 0 fully saturated rings. The Hall–Kier alpha value is -2.52. The van der Waals surface area contributed by atoms with E-state index in [1.165, 1.54) is 18.2 Å². The number of carbonyl (C=O) groups excluding carboxylic acids is 2. The quantitative estimate of drug-likeness (QED) is 0.830. The van der Waals surface area contributed by atoms with Crippen LogP contribution < -0.4 is 5.32 Å². The van der Waals surface area contributed by atoms with Gasteiger partial charge in [0.2, 0.25) is 5.69 Å². The molecule has 8 nitrogen and oxygen atoms in total. The van der Waals surface area contributed by atoms with E-state index in [2.05, 4.69) is 15.5 Å². The number of carbonyl (C=O) groups is 3. The molecule has 1 amide bonds. The average molecular weight is 375 g/mol. The topological polar surface area (TPSA) is 114 Å². The van der Waals surface area contributed by atoms with E-state index in [4.69, 9.17) is 28.3 Å². The third-order valence-corrected chi connectivity index (χ3v) is 3.29. The molecule has 0 aliphatic rings. The van der Waals surface area contributed by atoms with Gasteiger partial charge in [0.05, 0.1) is 17.1 Å². The largest absolute Gasteiger partial charge is 0.481 e. The molecule has 0 spiro atoms. The molecule has 2 rings (SSSR count). The lowest BCUT2D eigenvalue weighted by Gasteiger charge is -2.05. The van der Waals surface area contributed by atoms with Crippen molar-refractivity contribution in [3.63, 3.8) is 0 Å². The summed E-state index contributed by atoms with van der Waals surface area (Å²) < 4.78 is 13.7. The summed E-state index contributed by atoms with van der Waals surface area (Å²) >= 11 is 11.6. The fourth-order valence-electron chi connectivity index (χ4n) is 1.63. The van der Waals surface area contributed by atoms with E-state index in [-0.39, 0.29) is 10.7 Å². The normalized spacial score (nSPS) is 10.5. The maximum absolute atomic E-state index is 13.7. The van der Waals surface area contributed by atoms with Gasteiger partial charge in [0.15, 0.2) is 0 Å². The number of carboxylic acids is 1. The van der Waals surface area contributed by atoms with E-state index in [0.717, 1.165) is 0 Å². The number of carboxylic acid groups (broad SMARTS) is 1. The van der Waals surface area contributed by atoms with E-state index in [0.29, 0.717) is 9.82 Å². The lowest BCUT2D eigenvalue weighted by Crippen LogP contribution is -2.18. The number of hydrogen-bond donors (Lipinski definition) is 2.